The minimum atomic E-state index is -0.356. The third-order valence-electron chi connectivity index (χ3n) is 4.68. The first-order chi connectivity index (χ1) is 12.2. The van der Waals surface area contributed by atoms with Gasteiger partial charge in [0.25, 0.3) is 0 Å². The number of nitrogens with zero attached hydrogens (tertiary/aromatic N) is 1. The van der Waals surface area contributed by atoms with Gasteiger partial charge in [0.1, 0.15) is 5.01 Å². The summed E-state index contributed by atoms with van der Waals surface area (Å²) in [6, 6.07) is 5.65. The summed E-state index contributed by atoms with van der Waals surface area (Å²) >= 11 is 1.42. The monoisotopic (exact) mass is 357 g/mol. The second kappa shape index (κ2) is 6.88. The van der Waals surface area contributed by atoms with Gasteiger partial charge in [-0.3, -0.25) is 0 Å². The molecule has 1 aromatic heterocycles. The van der Waals surface area contributed by atoms with Gasteiger partial charge in [0.15, 0.2) is 17.2 Å². The third-order valence-corrected chi connectivity index (χ3v) is 5.57. The van der Waals surface area contributed by atoms with Gasteiger partial charge in [-0.15, -0.1) is 11.3 Å². The molecule has 2 heterocycles. The van der Waals surface area contributed by atoms with Gasteiger partial charge in [0.05, 0.1) is 6.61 Å². The average molecular weight is 357 g/mol. The van der Waals surface area contributed by atoms with E-state index in [1.165, 1.54) is 11.3 Å². The fourth-order valence-corrected chi connectivity index (χ4v) is 3.81. The SMILES string of the molecule is CC1CC=CCC1COC(=O)c1csc(-c2ccc3c(c2)OCO3)n1. The highest BCUT2D eigenvalue weighted by Crippen LogP contribution is 2.36. The molecule has 2 atom stereocenters. The van der Waals surface area contributed by atoms with E-state index in [1.54, 1.807) is 5.38 Å². The number of ether oxygens (including phenoxy) is 3. The molecule has 1 aliphatic carbocycles. The zero-order valence-electron chi connectivity index (χ0n) is 13.9. The molecular weight excluding hydrogens is 338 g/mol. The number of allylic oxidation sites excluding steroid dienone is 2. The van der Waals surface area contributed by atoms with E-state index in [0.717, 1.165) is 29.2 Å². The summed E-state index contributed by atoms with van der Waals surface area (Å²) in [7, 11) is 0. The van der Waals surface area contributed by atoms with Crippen molar-refractivity contribution in [1.82, 2.24) is 4.98 Å². The van der Waals surface area contributed by atoms with Gasteiger partial charge in [-0.1, -0.05) is 19.1 Å². The maximum Gasteiger partial charge on any atom is 0.357 e. The fourth-order valence-electron chi connectivity index (χ4n) is 3.03. The van der Waals surface area contributed by atoms with Crippen molar-refractivity contribution in [2.45, 2.75) is 19.8 Å². The summed E-state index contributed by atoms with van der Waals surface area (Å²) in [4.78, 5) is 16.7. The van der Waals surface area contributed by atoms with E-state index in [-0.39, 0.29) is 12.8 Å². The predicted octanol–water partition coefficient (Wildman–Crippen LogP) is 4.30. The van der Waals surface area contributed by atoms with E-state index in [9.17, 15) is 4.79 Å². The Morgan fingerprint density at radius 2 is 2.12 bits per heavy atom. The number of aromatic nitrogens is 1. The minimum Gasteiger partial charge on any atom is -0.461 e. The van der Waals surface area contributed by atoms with Crippen LogP contribution < -0.4 is 9.47 Å². The normalized spacial score (nSPS) is 21.3. The van der Waals surface area contributed by atoms with Gasteiger partial charge >= 0.3 is 5.97 Å². The van der Waals surface area contributed by atoms with Crippen LogP contribution >= 0.6 is 11.3 Å². The van der Waals surface area contributed by atoms with E-state index in [4.69, 9.17) is 14.2 Å². The molecule has 0 amide bonds. The van der Waals surface area contributed by atoms with Crippen LogP contribution in [0, 0.1) is 11.8 Å². The van der Waals surface area contributed by atoms with Crippen LogP contribution in [-0.4, -0.2) is 24.4 Å². The average Bonchev–Trinajstić information content (AvgIpc) is 3.29. The van der Waals surface area contributed by atoms with Crippen LogP contribution in [0.2, 0.25) is 0 Å². The van der Waals surface area contributed by atoms with E-state index < -0.39 is 0 Å². The minimum absolute atomic E-state index is 0.239. The molecule has 0 spiro atoms. The lowest BCUT2D eigenvalue weighted by molar-refractivity contribution is 0.0389. The lowest BCUT2D eigenvalue weighted by Gasteiger charge is -2.24. The molecular formula is C19H19NO4S. The molecule has 6 heteroatoms. The van der Waals surface area contributed by atoms with Gasteiger partial charge in [-0.2, -0.15) is 0 Å². The van der Waals surface area contributed by atoms with Crippen molar-refractivity contribution in [2.75, 3.05) is 13.4 Å². The topological polar surface area (TPSA) is 57.7 Å². The standard InChI is InChI=1S/C19H19NO4S/c1-12-4-2-3-5-14(12)9-22-19(21)15-10-25-18(20-15)13-6-7-16-17(8-13)24-11-23-16/h2-3,6-8,10,12,14H,4-5,9,11H2,1H3. The van der Waals surface area contributed by atoms with E-state index in [1.807, 2.05) is 18.2 Å². The molecule has 0 N–H and O–H groups in total. The smallest absolute Gasteiger partial charge is 0.357 e. The number of rotatable bonds is 4. The van der Waals surface area contributed by atoms with Crippen LogP contribution in [0.4, 0.5) is 0 Å². The molecule has 0 saturated heterocycles. The molecule has 1 aromatic carbocycles. The fraction of sp³-hybridized carbons (Fsp3) is 0.368. The summed E-state index contributed by atoms with van der Waals surface area (Å²) in [5, 5.41) is 2.51. The molecule has 1 aliphatic heterocycles. The second-order valence-electron chi connectivity index (χ2n) is 6.38. The first kappa shape index (κ1) is 16.1. The molecule has 0 radical (unpaired) electrons. The van der Waals surface area contributed by atoms with Crippen LogP contribution in [0.15, 0.2) is 35.7 Å². The van der Waals surface area contributed by atoms with Gasteiger partial charge in [0, 0.05) is 10.9 Å². The molecule has 2 aromatic rings. The van der Waals surface area contributed by atoms with Crippen LogP contribution in [-0.2, 0) is 4.74 Å². The molecule has 5 nitrogen and oxygen atoms in total. The first-order valence-electron chi connectivity index (χ1n) is 8.38. The van der Waals surface area contributed by atoms with E-state index in [2.05, 4.69) is 24.1 Å². The zero-order valence-corrected chi connectivity index (χ0v) is 14.8. The number of hydrogen-bond donors (Lipinski definition) is 0. The number of carbonyl (C=O) groups is 1. The van der Waals surface area contributed by atoms with Crippen molar-refractivity contribution in [3.05, 3.63) is 41.4 Å². The Labute approximate surface area is 150 Å². The Bertz CT molecular complexity index is 814. The summed E-state index contributed by atoms with van der Waals surface area (Å²) in [6.45, 7) is 2.88. The number of thiazole rings is 1. The van der Waals surface area contributed by atoms with Crippen molar-refractivity contribution in [2.24, 2.45) is 11.8 Å². The lowest BCUT2D eigenvalue weighted by Crippen LogP contribution is -2.21. The summed E-state index contributed by atoms with van der Waals surface area (Å²) in [5.74, 6) is 2.01. The van der Waals surface area contributed by atoms with E-state index in [0.29, 0.717) is 29.9 Å². The molecule has 4 rings (SSSR count). The Balaban J connectivity index is 1.42. The Morgan fingerprint density at radius 1 is 1.28 bits per heavy atom. The van der Waals surface area contributed by atoms with Crippen molar-refractivity contribution in [3.63, 3.8) is 0 Å². The summed E-state index contributed by atoms with van der Waals surface area (Å²) in [6.07, 6.45) is 6.38. The van der Waals surface area contributed by atoms with Gasteiger partial charge in [0.2, 0.25) is 6.79 Å². The van der Waals surface area contributed by atoms with Crippen LogP contribution in [0.3, 0.4) is 0 Å². The first-order valence-corrected chi connectivity index (χ1v) is 9.26. The Kier molecular flexibility index (Phi) is 4.44. The Morgan fingerprint density at radius 3 is 3.00 bits per heavy atom. The number of fused-ring (bicyclic) bond motifs is 1. The Hall–Kier alpha value is -2.34. The number of carbonyl (C=O) groups excluding carboxylic acids is 1. The van der Waals surface area contributed by atoms with Crippen molar-refractivity contribution in [3.8, 4) is 22.1 Å². The molecule has 25 heavy (non-hydrogen) atoms. The molecule has 2 unspecified atom stereocenters. The predicted molar refractivity (Wildman–Crippen MR) is 95.0 cm³/mol. The largest absolute Gasteiger partial charge is 0.461 e. The number of esters is 1. The lowest BCUT2D eigenvalue weighted by atomic mass is 9.85. The molecule has 0 fully saturated rings. The van der Waals surface area contributed by atoms with Crippen LogP contribution in [0.25, 0.3) is 10.6 Å². The van der Waals surface area contributed by atoms with Crippen molar-refractivity contribution in [1.29, 1.82) is 0 Å². The molecule has 0 bridgehead atoms. The summed E-state index contributed by atoms with van der Waals surface area (Å²) < 4.78 is 16.2. The quantitative estimate of drug-likeness (QED) is 0.603. The molecule has 130 valence electrons. The number of hydrogen-bond acceptors (Lipinski definition) is 6. The van der Waals surface area contributed by atoms with Gasteiger partial charge < -0.3 is 14.2 Å². The van der Waals surface area contributed by atoms with Gasteiger partial charge in [-0.25, -0.2) is 9.78 Å². The summed E-state index contributed by atoms with van der Waals surface area (Å²) in [5.41, 5.74) is 1.26. The van der Waals surface area contributed by atoms with Crippen LogP contribution in [0.1, 0.15) is 30.3 Å². The zero-order chi connectivity index (χ0) is 17.2. The van der Waals surface area contributed by atoms with Crippen molar-refractivity contribution < 1.29 is 19.0 Å². The van der Waals surface area contributed by atoms with Gasteiger partial charge in [-0.05, 0) is 42.9 Å². The van der Waals surface area contributed by atoms with Crippen LogP contribution in [0.5, 0.6) is 11.5 Å². The third kappa shape index (κ3) is 3.39. The highest BCUT2D eigenvalue weighted by Gasteiger charge is 2.22. The maximum atomic E-state index is 12.3. The van der Waals surface area contributed by atoms with E-state index >= 15 is 0 Å². The highest BCUT2D eigenvalue weighted by atomic mass is 32.1. The highest BCUT2D eigenvalue weighted by molar-refractivity contribution is 7.13. The van der Waals surface area contributed by atoms with Crippen molar-refractivity contribution >= 4 is 17.3 Å². The molecule has 2 aliphatic rings. The number of benzene rings is 1. The maximum absolute atomic E-state index is 12.3. The second-order valence-corrected chi connectivity index (χ2v) is 7.24. The molecule has 0 saturated carbocycles.